The Balaban J connectivity index is 2.40. The first-order chi connectivity index (χ1) is 10.0. The number of benzene rings is 1. The molecule has 2 aromatic rings. The second-order valence-electron chi connectivity index (χ2n) is 4.73. The van der Waals surface area contributed by atoms with E-state index < -0.39 is 11.0 Å². The molecule has 0 radical (unpaired) electrons. The van der Waals surface area contributed by atoms with Gasteiger partial charge in [-0.25, -0.2) is 4.98 Å². The number of ether oxygens (including phenoxy) is 1. The number of non-ortho nitro benzene ring substituents is 1. The van der Waals surface area contributed by atoms with Gasteiger partial charge in [-0.15, -0.1) is 0 Å². The number of anilines is 1. The van der Waals surface area contributed by atoms with Crippen LogP contribution in [0, 0.1) is 17.0 Å². The van der Waals surface area contributed by atoms with Crippen LogP contribution >= 0.6 is 0 Å². The summed E-state index contributed by atoms with van der Waals surface area (Å²) in [6, 6.07) is 6.61. The van der Waals surface area contributed by atoms with Crippen LogP contribution in [-0.4, -0.2) is 41.4 Å². The lowest BCUT2D eigenvalue weighted by Gasteiger charge is -2.14. The number of aliphatic hydroxyl groups excluding tert-OH is 1. The molecule has 0 fully saturated rings. The number of fused-ring (bicyclic) bond motifs is 1. The van der Waals surface area contributed by atoms with E-state index in [1.165, 1.54) is 13.2 Å². The fourth-order valence-electron chi connectivity index (χ4n) is 2.13. The average molecular weight is 291 g/mol. The van der Waals surface area contributed by atoms with Crippen LogP contribution < -0.4 is 5.32 Å². The topological polar surface area (TPSA) is 97.5 Å². The quantitative estimate of drug-likeness (QED) is 0.623. The minimum atomic E-state index is -0.655. The van der Waals surface area contributed by atoms with Crippen LogP contribution in [0.15, 0.2) is 24.3 Å². The number of nitrogens with one attached hydrogen (secondary N) is 1. The molecule has 0 bridgehead atoms. The van der Waals surface area contributed by atoms with Gasteiger partial charge in [-0.2, -0.15) is 0 Å². The third-order valence-electron chi connectivity index (χ3n) is 3.03. The van der Waals surface area contributed by atoms with E-state index in [1.54, 1.807) is 25.1 Å². The van der Waals surface area contributed by atoms with Crippen molar-refractivity contribution in [3.05, 3.63) is 40.1 Å². The number of aliphatic hydroxyl groups is 1. The van der Waals surface area contributed by atoms with Crippen molar-refractivity contribution >= 4 is 22.3 Å². The zero-order chi connectivity index (χ0) is 15.4. The molecule has 1 atom stereocenters. The first-order valence-corrected chi connectivity index (χ1v) is 6.48. The maximum absolute atomic E-state index is 11.1. The first kappa shape index (κ1) is 15.1. The number of aromatic nitrogens is 1. The lowest BCUT2D eigenvalue weighted by Crippen LogP contribution is -2.24. The van der Waals surface area contributed by atoms with Crippen LogP contribution in [-0.2, 0) is 4.74 Å². The number of nitro benzene ring substituents is 1. The van der Waals surface area contributed by atoms with Gasteiger partial charge in [0.25, 0.3) is 5.69 Å². The number of methoxy groups -OCH3 is 1. The Morgan fingerprint density at radius 2 is 2.29 bits per heavy atom. The van der Waals surface area contributed by atoms with E-state index in [1.807, 2.05) is 0 Å². The summed E-state index contributed by atoms with van der Waals surface area (Å²) in [5.41, 5.74) is 1.68. The van der Waals surface area contributed by atoms with Crippen LogP contribution in [0.3, 0.4) is 0 Å². The molecule has 0 saturated heterocycles. The lowest BCUT2D eigenvalue weighted by atomic mass is 10.1. The molecule has 2 N–H and O–H groups in total. The highest BCUT2D eigenvalue weighted by Gasteiger charge is 2.16. The van der Waals surface area contributed by atoms with E-state index in [-0.39, 0.29) is 18.8 Å². The van der Waals surface area contributed by atoms with Gasteiger partial charge in [0.05, 0.1) is 17.6 Å². The van der Waals surface area contributed by atoms with Gasteiger partial charge in [0.15, 0.2) is 5.52 Å². The number of rotatable bonds is 6. The molecule has 1 heterocycles. The monoisotopic (exact) mass is 291 g/mol. The molecule has 1 aromatic heterocycles. The van der Waals surface area contributed by atoms with Crippen molar-refractivity contribution in [2.75, 3.05) is 25.6 Å². The van der Waals surface area contributed by atoms with Gasteiger partial charge < -0.3 is 15.2 Å². The minimum absolute atomic E-state index is 0.0308. The van der Waals surface area contributed by atoms with E-state index in [0.717, 1.165) is 0 Å². The SMILES string of the molecule is COCC(O)CNc1cc(C)nc2c([N+](=O)[O-])cccc12. The summed E-state index contributed by atoms with van der Waals surface area (Å²) in [4.78, 5) is 14.9. The van der Waals surface area contributed by atoms with Crippen molar-refractivity contribution in [3.8, 4) is 0 Å². The summed E-state index contributed by atoms with van der Waals surface area (Å²) < 4.78 is 4.86. The number of hydrogen-bond donors (Lipinski definition) is 2. The summed E-state index contributed by atoms with van der Waals surface area (Å²) in [6.45, 7) is 2.27. The molecule has 21 heavy (non-hydrogen) atoms. The summed E-state index contributed by atoms with van der Waals surface area (Å²) >= 11 is 0. The molecule has 0 aliphatic rings. The number of hydrogen-bond acceptors (Lipinski definition) is 6. The largest absolute Gasteiger partial charge is 0.389 e. The summed E-state index contributed by atoms with van der Waals surface area (Å²) in [5, 5.41) is 24.5. The van der Waals surface area contributed by atoms with E-state index in [2.05, 4.69) is 10.3 Å². The number of nitro groups is 1. The predicted molar refractivity (Wildman–Crippen MR) is 79.5 cm³/mol. The van der Waals surface area contributed by atoms with Gasteiger partial charge in [-0.3, -0.25) is 10.1 Å². The van der Waals surface area contributed by atoms with Gasteiger partial charge in [-0.05, 0) is 13.0 Å². The van der Waals surface area contributed by atoms with Crippen molar-refractivity contribution in [1.29, 1.82) is 0 Å². The zero-order valence-electron chi connectivity index (χ0n) is 11.9. The number of pyridine rings is 1. The van der Waals surface area contributed by atoms with Crippen molar-refractivity contribution in [1.82, 2.24) is 4.98 Å². The maximum atomic E-state index is 11.1. The van der Waals surface area contributed by atoms with E-state index in [4.69, 9.17) is 4.74 Å². The second-order valence-corrected chi connectivity index (χ2v) is 4.73. The van der Waals surface area contributed by atoms with Crippen molar-refractivity contribution in [2.24, 2.45) is 0 Å². The molecular formula is C14H17N3O4. The Morgan fingerprint density at radius 3 is 2.95 bits per heavy atom. The van der Waals surface area contributed by atoms with Gasteiger partial charge in [0.2, 0.25) is 0 Å². The zero-order valence-corrected chi connectivity index (χ0v) is 11.9. The molecule has 1 unspecified atom stereocenters. The molecular weight excluding hydrogens is 274 g/mol. The highest BCUT2D eigenvalue weighted by atomic mass is 16.6. The maximum Gasteiger partial charge on any atom is 0.295 e. The van der Waals surface area contributed by atoms with Gasteiger partial charge >= 0.3 is 0 Å². The Kier molecular flexibility index (Phi) is 4.66. The minimum Gasteiger partial charge on any atom is -0.389 e. The van der Waals surface area contributed by atoms with E-state index in [0.29, 0.717) is 22.3 Å². The Hall–Kier alpha value is -2.25. The standard InChI is InChI=1S/C14H17N3O4/c1-9-6-12(15-7-10(18)8-21-2)11-4-3-5-13(17(19)20)14(11)16-9/h3-6,10,18H,7-8H2,1-2H3,(H,15,16). The number of para-hydroxylation sites is 1. The Bertz CT molecular complexity index is 660. The number of nitrogens with zero attached hydrogens (tertiary/aromatic N) is 2. The van der Waals surface area contributed by atoms with Crippen LogP contribution in [0.5, 0.6) is 0 Å². The van der Waals surface area contributed by atoms with Crippen molar-refractivity contribution < 1.29 is 14.8 Å². The Morgan fingerprint density at radius 1 is 1.52 bits per heavy atom. The Labute approximate surface area is 121 Å². The lowest BCUT2D eigenvalue weighted by molar-refractivity contribution is -0.383. The molecule has 2 rings (SSSR count). The summed E-state index contributed by atoms with van der Waals surface area (Å²) in [6.07, 6.45) is -0.655. The molecule has 0 spiro atoms. The van der Waals surface area contributed by atoms with Gasteiger partial charge in [0.1, 0.15) is 0 Å². The molecule has 0 saturated carbocycles. The highest BCUT2D eigenvalue weighted by Crippen LogP contribution is 2.29. The fourth-order valence-corrected chi connectivity index (χ4v) is 2.13. The van der Waals surface area contributed by atoms with E-state index in [9.17, 15) is 15.2 Å². The van der Waals surface area contributed by atoms with Crippen LogP contribution in [0.4, 0.5) is 11.4 Å². The normalized spacial score (nSPS) is 12.3. The van der Waals surface area contributed by atoms with Gasteiger partial charge in [-0.1, -0.05) is 12.1 Å². The number of aryl methyl sites for hydroxylation is 1. The van der Waals surface area contributed by atoms with Crippen molar-refractivity contribution in [2.45, 2.75) is 13.0 Å². The fraction of sp³-hybridized carbons (Fsp3) is 0.357. The smallest absolute Gasteiger partial charge is 0.295 e. The molecule has 0 aliphatic carbocycles. The first-order valence-electron chi connectivity index (χ1n) is 6.48. The third-order valence-corrected chi connectivity index (χ3v) is 3.03. The van der Waals surface area contributed by atoms with Crippen LogP contribution in [0.1, 0.15) is 5.69 Å². The second kappa shape index (κ2) is 6.47. The molecule has 7 heteroatoms. The molecule has 7 nitrogen and oxygen atoms in total. The molecule has 112 valence electrons. The molecule has 0 amide bonds. The molecule has 0 aliphatic heterocycles. The van der Waals surface area contributed by atoms with E-state index >= 15 is 0 Å². The van der Waals surface area contributed by atoms with Crippen LogP contribution in [0.2, 0.25) is 0 Å². The average Bonchev–Trinajstić information content (AvgIpc) is 2.44. The predicted octanol–water partition coefficient (Wildman–Crippen LogP) is 1.87. The van der Waals surface area contributed by atoms with Crippen molar-refractivity contribution in [3.63, 3.8) is 0 Å². The highest BCUT2D eigenvalue weighted by molar-refractivity contribution is 5.96. The third kappa shape index (κ3) is 3.45. The summed E-state index contributed by atoms with van der Waals surface area (Å²) in [5.74, 6) is 0. The van der Waals surface area contributed by atoms with Gasteiger partial charge in [0, 0.05) is 36.5 Å². The molecule has 1 aromatic carbocycles. The summed E-state index contributed by atoms with van der Waals surface area (Å²) in [7, 11) is 1.51. The van der Waals surface area contributed by atoms with Crippen LogP contribution in [0.25, 0.3) is 10.9 Å².